The molecule has 0 heterocycles. The Morgan fingerprint density at radius 1 is 0.429 bits per heavy atom. The molecule has 1 nitrogen and oxygen atoms in total. The Morgan fingerprint density at radius 2 is 0.796 bits per heavy atom. The largest absolute Gasteiger partial charge is 0.492 e. The van der Waals surface area contributed by atoms with E-state index in [0.29, 0.717) is 6.42 Å². The molecular formula is C39H39F9O. The number of halogens is 9. The predicted octanol–water partition coefficient (Wildman–Crippen LogP) is 14.0. The van der Waals surface area contributed by atoms with Gasteiger partial charge in [-0.2, -0.15) is 39.5 Å². The van der Waals surface area contributed by atoms with Gasteiger partial charge in [0.1, 0.15) is 5.75 Å². The zero-order chi connectivity index (χ0) is 35.7. The zero-order valence-corrected chi connectivity index (χ0v) is 27.2. The molecule has 0 saturated heterocycles. The van der Waals surface area contributed by atoms with Crippen molar-refractivity contribution in [1.29, 1.82) is 0 Å². The summed E-state index contributed by atoms with van der Waals surface area (Å²) in [7, 11) is 0. The zero-order valence-electron chi connectivity index (χ0n) is 27.2. The summed E-state index contributed by atoms with van der Waals surface area (Å²) in [5.74, 6) is 0.0466. The van der Waals surface area contributed by atoms with Gasteiger partial charge in [-0.1, -0.05) is 101 Å². The highest BCUT2D eigenvalue weighted by Crippen LogP contribution is 2.45. The molecule has 0 fully saturated rings. The first kappa shape index (κ1) is 37.9. The number of unbranched alkanes of at least 4 members (excludes halogenated alkanes) is 9. The van der Waals surface area contributed by atoms with Crippen LogP contribution in [-0.4, -0.2) is 6.61 Å². The van der Waals surface area contributed by atoms with Crippen LogP contribution in [0.5, 0.6) is 5.75 Å². The van der Waals surface area contributed by atoms with Gasteiger partial charge in [0, 0.05) is 11.1 Å². The van der Waals surface area contributed by atoms with E-state index >= 15 is 0 Å². The van der Waals surface area contributed by atoms with E-state index in [2.05, 4.69) is 6.92 Å². The molecule has 0 N–H and O–H groups in total. The summed E-state index contributed by atoms with van der Waals surface area (Å²) in [6, 6.07) is 16.0. The first-order chi connectivity index (χ1) is 23.2. The first-order valence-corrected chi connectivity index (χ1v) is 16.5. The average molecular weight is 695 g/mol. The van der Waals surface area contributed by atoms with Crippen LogP contribution in [0.25, 0.3) is 33.4 Å². The topological polar surface area (TPSA) is 9.23 Å². The lowest BCUT2D eigenvalue weighted by molar-refractivity contribution is -0.138. The fourth-order valence-electron chi connectivity index (χ4n) is 5.74. The van der Waals surface area contributed by atoms with Gasteiger partial charge in [-0.3, -0.25) is 0 Å². The van der Waals surface area contributed by atoms with Crippen LogP contribution in [0.4, 0.5) is 39.5 Å². The minimum Gasteiger partial charge on any atom is -0.492 e. The number of alkyl halides is 9. The summed E-state index contributed by atoms with van der Waals surface area (Å²) in [5, 5.41) is 0. The normalized spacial score (nSPS) is 12.4. The summed E-state index contributed by atoms with van der Waals surface area (Å²) in [6.07, 6.45) is -3.57. The van der Waals surface area contributed by atoms with Crippen LogP contribution in [0, 0.1) is 0 Å². The van der Waals surface area contributed by atoms with Gasteiger partial charge < -0.3 is 4.74 Å². The standard InChI is InChI=1S/C39H39F9O/c1-2-3-4-5-6-7-8-9-10-11-21-49-36-34(28-16-13-19-32(23-28)38(43,44)45)25-30(27-15-12-18-31(22-27)37(40,41)42)26-35(36)29-17-14-20-33(24-29)39(46,47)48/h12-20,22-26H,2-11,21H2,1H3. The average Bonchev–Trinajstić information content (AvgIpc) is 3.06. The highest BCUT2D eigenvalue weighted by atomic mass is 19.4. The van der Waals surface area contributed by atoms with Gasteiger partial charge >= 0.3 is 18.5 Å². The molecule has 0 aromatic heterocycles. The Morgan fingerprint density at radius 3 is 1.20 bits per heavy atom. The molecule has 0 aliphatic rings. The highest BCUT2D eigenvalue weighted by Gasteiger charge is 2.33. The third-order valence-corrected chi connectivity index (χ3v) is 8.36. The van der Waals surface area contributed by atoms with Crippen LogP contribution >= 0.6 is 0 Å². The van der Waals surface area contributed by atoms with Crippen LogP contribution in [0.1, 0.15) is 87.8 Å². The third-order valence-electron chi connectivity index (χ3n) is 8.36. The number of benzene rings is 4. The van der Waals surface area contributed by atoms with Gasteiger partial charge in [0.15, 0.2) is 0 Å². The minimum absolute atomic E-state index is 0.0466. The summed E-state index contributed by atoms with van der Waals surface area (Å²) < 4.78 is 130. The first-order valence-electron chi connectivity index (χ1n) is 16.5. The molecule has 49 heavy (non-hydrogen) atoms. The quantitative estimate of drug-likeness (QED) is 0.0889. The van der Waals surface area contributed by atoms with Crippen molar-refractivity contribution in [2.75, 3.05) is 6.61 Å². The lowest BCUT2D eigenvalue weighted by atomic mass is 9.90. The Balaban J connectivity index is 1.78. The van der Waals surface area contributed by atoms with E-state index in [4.69, 9.17) is 4.74 Å². The smallest absolute Gasteiger partial charge is 0.416 e. The van der Waals surface area contributed by atoms with Gasteiger partial charge in [0.25, 0.3) is 0 Å². The van der Waals surface area contributed by atoms with Crippen LogP contribution in [0.3, 0.4) is 0 Å². The van der Waals surface area contributed by atoms with Gasteiger partial charge in [-0.15, -0.1) is 0 Å². The monoisotopic (exact) mass is 694 g/mol. The molecule has 0 bridgehead atoms. The number of rotatable bonds is 15. The van der Waals surface area contributed by atoms with Gasteiger partial charge in [-0.25, -0.2) is 0 Å². The second-order valence-electron chi connectivity index (χ2n) is 12.2. The maximum Gasteiger partial charge on any atom is 0.416 e. The van der Waals surface area contributed by atoms with Crippen molar-refractivity contribution in [3.05, 3.63) is 102 Å². The predicted molar refractivity (Wildman–Crippen MR) is 175 cm³/mol. The van der Waals surface area contributed by atoms with Crippen LogP contribution in [0.15, 0.2) is 84.9 Å². The highest BCUT2D eigenvalue weighted by molar-refractivity contribution is 5.88. The molecule has 0 radical (unpaired) electrons. The van der Waals surface area contributed by atoms with Crippen molar-refractivity contribution in [3.63, 3.8) is 0 Å². The molecule has 0 atom stereocenters. The van der Waals surface area contributed by atoms with Crippen molar-refractivity contribution in [1.82, 2.24) is 0 Å². The number of hydrogen-bond acceptors (Lipinski definition) is 1. The maximum atomic E-state index is 13.8. The Hall–Kier alpha value is -3.95. The minimum atomic E-state index is -4.70. The van der Waals surface area contributed by atoms with Crippen molar-refractivity contribution >= 4 is 0 Å². The Bertz CT molecular complexity index is 1570. The van der Waals surface area contributed by atoms with E-state index in [0.717, 1.165) is 68.5 Å². The van der Waals surface area contributed by atoms with Crippen LogP contribution in [0.2, 0.25) is 0 Å². The number of ether oxygens (including phenoxy) is 1. The summed E-state index contributed by atoms with van der Waals surface area (Å²) in [6.45, 7) is 2.30. The van der Waals surface area contributed by atoms with Crippen LogP contribution < -0.4 is 4.74 Å². The van der Waals surface area contributed by atoms with Crippen molar-refractivity contribution < 1.29 is 44.3 Å². The van der Waals surface area contributed by atoms with Crippen molar-refractivity contribution in [2.24, 2.45) is 0 Å². The van der Waals surface area contributed by atoms with E-state index in [9.17, 15) is 39.5 Å². The molecule has 0 aliphatic heterocycles. The molecule has 0 amide bonds. The fourth-order valence-corrected chi connectivity index (χ4v) is 5.74. The molecule has 0 saturated carbocycles. The van der Waals surface area contributed by atoms with E-state index in [1.54, 1.807) is 0 Å². The van der Waals surface area contributed by atoms with Gasteiger partial charge in [0.05, 0.1) is 23.3 Å². The van der Waals surface area contributed by atoms with E-state index < -0.39 is 35.2 Å². The molecule has 4 aromatic carbocycles. The van der Waals surface area contributed by atoms with Crippen molar-refractivity contribution in [2.45, 2.75) is 89.7 Å². The molecule has 264 valence electrons. The van der Waals surface area contributed by atoms with Gasteiger partial charge in [0.2, 0.25) is 0 Å². The Kier molecular flexibility index (Phi) is 12.9. The second-order valence-corrected chi connectivity index (χ2v) is 12.2. The molecule has 0 unspecified atom stereocenters. The van der Waals surface area contributed by atoms with E-state index in [1.807, 2.05) is 0 Å². The molecule has 0 aliphatic carbocycles. The SMILES string of the molecule is CCCCCCCCCCCCOc1c(-c2cccc(C(F)(F)F)c2)cc(-c2cccc(C(F)(F)F)c2)cc1-c1cccc(C(F)(F)F)c1. The fraction of sp³-hybridized carbons (Fsp3) is 0.385. The summed E-state index contributed by atoms with van der Waals surface area (Å²) in [5.41, 5.74) is -2.31. The lowest BCUT2D eigenvalue weighted by Gasteiger charge is -2.20. The van der Waals surface area contributed by atoms with Crippen LogP contribution in [-0.2, 0) is 18.5 Å². The molecule has 4 aromatic rings. The lowest BCUT2D eigenvalue weighted by Crippen LogP contribution is -2.06. The van der Waals surface area contributed by atoms with Crippen molar-refractivity contribution in [3.8, 4) is 39.1 Å². The van der Waals surface area contributed by atoms with E-state index in [-0.39, 0.29) is 45.7 Å². The second kappa shape index (κ2) is 16.6. The summed E-state index contributed by atoms with van der Waals surface area (Å²) in [4.78, 5) is 0. The maximum absolute atomic E-state index is 13.8. The molecular weight excluding hydrogens is 655 g/mol. The third kappa shape index (κ3) is 10.8. The Labute approximate surface area is 281 Å². The molecule has 10 heteroatoms. The summed E-state index contributed by atoms with van der Waals surface area (Å²) >= 11 is 0. The molecule has 4 rings (SSSR count). The number of hydrogen-bond donors (Lipinski definition) is 0. The van der Waals surface area contributed by atoms with E-state index in [1.165, 1.54) is 74.2 Å². The van der Waals surface area contributed by atoms with Gasteiger partial charge in [-0.05, 0) is 77.2 Å². The molecule has 0 spiro atoms.